The topological polar surface area (TPSA) is 24.5 Å². The van der Waals surface area contributed by atoms with Gasteiger partial charge in [0.1, 0.15) is 0 Å². The van der Waals surface area contributed by atoms with Crippen LogP contribution in [-0.4, -0.2) is 49.3 Å². The molecule has 1 heterocycles. The maximum absolute atomic E-state index is 5.43. The Bertz CT molecular complexity index is 245. The van der Waals surface area contributed by atoms with E-state index in [1.165, 1.54) is 25.7 Å². The molecule has 0 radical (unpaired) electrons. The largest absolute Gasteiger partial charge is 0.379 e. The summed E-state index contributed by atoms with van der Waals surface area (Å²) < 4.78 is 5.43. The zero-order valence-corrected chi connectivity index (χ0v) is 12.4. The summed E-state index contributed by atoms with van der Waals surface area (Å²) in [6, 6.07) is 0.663. The molecule has 3 heteroatoms. The Balaban J connectivity index is 1.69. The number of morpholine rings is 1. The Morgan fingerprint density at radius 2 is 1.94 bits per heavy atom. The van der Waals surface area contributed by atoms with Crippen LogP contribution < -0.4 is 5.32 Å². The second kappa shape index (κ2) is 6.36. The summed E-state index contributed by atoms with van der Waals surface area (Å²) in [4.78, 5) is 2.56. The van der Waals surface area contributed by atoms with E-state index in [-0.39, 0.29) is 5.54 Å². The molecule has 0 spiro atoms. The predicted octanol–water partition coefficient (Wildman–Crippen LogP) is 2.27. The van der Waals surface area contributed by atoms with Crippen LogP contribution in [0.15, 0.2) is 0 Å². The molecule has 1 N–H and O–H groups in total. The van der Waals surface area contributed by atoms with Gasteiger partial charge in [-0.3, -0.25) is 4.90 Å². The molecule has 1 aliphatic carbocycles. The lowest BCUT2D eigenvalue weighted by Crippen LogP contribution is -2.55. The van der Waals surface area contributed by atoms with Crippen LogP contribution in [0.5, 0.6) is 0 Å². The third-order valence-electron chi connectivity index (χ3n) is 4.66. The van der Waals surface area contributed by atoms with Crippen LogP contribution in [0.4, 0.5) is 0 Å². The average molecular weight is 254 g/mol. The summed E-state index contributed by atoms with van der Waals surface area (Å²) in [5.74, 6) is 0.999. The summed E-state index contributed by atoms with van der Waals surface area (Å²) in [6.07, 6.45) is 5.73. The molecule has 2 rings (SSSR count). The minimum Gasteiger partial charge on any atom is -0.379 e. The molecule has 1 saturated heterocycles. The molecule has 1 saturated carbocycles. The molecule has 0 bridgehead atoms. The van der Waals surface area contributed by atoms with Crippen molar-refractivity contribution in [2.75, 3.05) is 32.8 Å². The van der Waals surface area contributed by atoms with E-state index in [1.54, 1.807) is 0 Å². The molecule has 0 aromatic carbocycles. The lowest BCUT2D eigenvalue weighted by atomic mass is 9.81. The first-order valence-electron chi connectivity index (χ1n) is 7.64. The van der Waals surface area contributed by atoms with Gasteiger partial charge in [-0.1, -0.05) is 19.3 Å². The van der Waals surface area contributed by atoms with Crippen molar-refractivity contribution in [2.45, 2.75) is 58.0 Å². The van der Waals surface area contributed by atoms with Crippen molar-refractivity contribution in [3.05, 3.63) is 0 Å². The summed E-state index contributed by atoms with van der Waals surface area (Å²) >= 11 is 0. The molecular weight excluding hydrogens is 224 g/mol. The number of rotatable bonds is 6. The van der Waals surface area contributed by atoms with Gasteiger partial charge in [0.2, 0.25) is 0 Å². The van der Waals surface area contributed by atoms with Crippen molar-refractivity contribution in [1.29, 1.82) is 0 Å². The van der Waals surface area contributed by atoms with Gasteiger partial charge in [0.05, 0.1) is 13.2 Å². The van der Waals surface area contributed by atoms with E-state index in [4.69, 9.17) is 4.74 Å². The molecule has 0 aromatic heterocycles. The molecule has 18 heavy (non-hydrogen) atoms. The third-order valence-corrected chi connectivity index (χ3v) is 4.66. The Labute approximate surface area is 112 Å². The maximum Gasteiger partial charge on any atom is 0.0594 e. The van der Waals surface area contributed by atoms with E-state index < -0.39 is 0 Å². The van der Waals surface area contributed by atoms with Gasteiger partial charge in [0.15, 0.2) is 0 Å². The number of ether oxygens (including phenoxy) is 1. The van der Waals surface area contributed by atoms with Gasteiger partial charge in [-0.25, -0.2) is 0 Å². The van der Waals surface area contributed by atoms with Crippen molar-refractivity contribution in [3.8, 4) is 0 Å². The molecule has 1 unspecified atom stereocenters. The fraction of sp³-hybridized carbons (Fsp3) is 1.00. The van der Waals surface area contributed by atoms with E-state index >= 15 is 0 Å². The number of hydrogen-bond donors (Lipinski definition) is 1. The Hall–Kier alpha value is -0.120. The summed E-state index contributed by atoms with van der Waals surface area (Å²) in [6.45, 7) is 12.1. The van der Waals surface area contributed by atoms with Crippen LogP contribution in [0.3, 0.4) is 0 Å². The first-order valence-corrected chi connectivity index (χ1v) is 7.64. The van der Waals surface area contributed by atoms with Gasteiger partial charge >= 0.3 is 0 Å². The van der Waals surface area contributed by atoms with Gasteiger partial charge in [-0.15, -0.1) is 0 Å². The molecule has 3 nitrogen and oxygen atoms in total. The average Bonchev–Trinajstić information content (AvgIpc) is 2.33. The smallest absolute Gasteiger partial charge is 0.0594 e. The highest BCUT2D eigenvalue weighted by Gasteiger charge is 2.28. The van der Waals surface area contributed by atoms with Crippen molar-refractivity contribution in [3.63, 3.8) is 0 Å². The predicted molar refractivity (Wildman–Crippen MR) is 75.9 cm³/mol. The highest BCUT2D eigenvalue weighted by Crippen LogP contribution is 2.30. The summed E-state index contributed by atoms with van der Waals surface area (Å²) in [5.41, 5.74) is 0.248. The SMILES string of the molecule is CC(CC1CCC1)NCC(C)(C)N1CCOCC1. The van der Waals surface area contributed by atoms with E-state index in [0.717, 1.165) is 38.8 Å². The Kier molecular flexibility index (Phi) is 5.05. The Morgan fingerprint density at radius 3 is 2.50 bits per heavy atom. The fourth-order valence-corrected chi connectivity index (χ4v) is 3.02. The molecular formula is C15H30N2O. The van der Waals surface area contributed by atoms with Gasteiger partial charge in [0, 0.05) is 31.2 Å². The Morgan fingerprint density at radius 1 is 1.28 bits per heavy atom. The summed E-state index contributed by atoms with van der Waals surface area (Å²) in [7, 11) is 0. The minimum absolute atomic E-state index is 0.248. The van der Waals surface area contributed by atoms with Crippen molar-refractivity contribution in [2.24, 2.45) is 5.92 Å². The van der Waals surface area contributed by atoms with Crippen LogP contribution in [0.25, 0.3) is 0 Å². The van der Waals surface area contributed by atoms with Crippen molar-refractivity contribution in [1.82, 2.24) is 10.2 Å². The van der Waals surface area contributed by atoms with Crippen molar-refractivity contribution >= 4 is 0 Å². The van der Waals surface area contributed by atoms with Gasteiger partial charge < -0.3 is 10.1 Å². The molecule has 1 atom stereocenters. The first kappa shape index (κ1) is 14.3. The zero-order chi connectivity index (χ0) is 13.0. The standard InChI is InChI=1S/C15H30N2O/c1-13(11-14-5-4-6-14)16-12-15(2,3)17-7-9-18-10-8-17/h13-14,16H,4-12H2,1-3H3. The highest BCUT2D eigenvalue weighted by molar-refractivity contribution is 4.86. The number of nitrogens with zero attached hydrogens (tertiary/aromatic N) is 1. The highest BCUT2D eigenvalue weighted by atomic mass is 16.5. The molecule has 0 aromatic rings. The number of hydrogen-bond acceptors (Lipinski definition) is 3. The second-order valence-corrected chi connectivity index (χ2v) is 6.73. The van der Waals surface area contributed by atoms with E-state index in [2.05, 4.69) is 31.0 Å². The van der Waals surface area contributed by atoms with Gasteiger partial charge in [0.25, 0.3) is 0 Å². The van der Waals surface area contributed by atoms with Gasteiger partial charge in [-0.05, 0) is 33.1 Å². The maximum atomic E-state index is 5.43. The van der Waals surface area contributed by atoms with Crippen LogP contribution in [0, 0.1) is 5.92 Å². The number of nitrogens with one attached hydrogen (secondary N) is 1. The fourth-order valence-electron chi connectivity index (χ4n) is 3.02. The lowest BCUT2D eigenvalue weighted by Gasteiger charge is -2.42. The quantitative estimate of drug-likeness (QED) is 0.787. The molecule has 106 valence electrons. The monoisotopic (exact) mass is 254 g/mol. The first-order chi connectivity index (χ1) is 8.58. The van der Waals surface area contributed by atoms with E-state index in [0.29, 0.717) is 6.04 Å². The molecule has 2 fully saturated rings. The molecule has 2 aliphatic rings. The molecule has 0 amide bonds. The van der Waals surface area contributed by atoms with Crippen molar-refractivity contribution < 1.29 is 4.74 Å². The lowest BCUT2D eigenvalue weighted by molar-refractivity contribution is -0.0105. The second-order valence-electron chi connectivity index (χ2n) is 6.73. The zero-order valence-electron chi connectivity index (χ0n) is 12.4. The molecule has 1 aliphatic heterocycles. The summed E-state index contributed by atoms with van der Waals surface area (Å²) in [5, 5.41) is 3.74. The minimum atomic E-state index is 0.248. The van der Waals surface area contributed by atoms with E-state index in [1.807, 2.05) is 0 Å². The van der Waals surface area contributed by atoms with Crippen LogP contribution in [0.2, 0.25) is 0 Å². The van der Waals surface area contributed by atoms with Crippen LogP contribution in [-0.2, 0) is 4.74 Å². The van der Waals surface area contributed by atoms with Crippen LogP contribution in [0.1, 0.15) is 46.5 Å². The normalized spacial score (nSPS) is 24.8. The van der Waals surface area contributed by atoms with E-state index in [9.17, 15) is 0 Å². The van der Waals surface area contributed by atoms with Gasteiger partial charge in [-0.2, -0.15) is 0 Å². The third kappa shape index (κ3) is 3.94. The van der Waals surface area contributed by atoms with Crippen LogP contribution >= 0.6 is 0 Å².